The summed E-state index contributed by atoms with van der Waals surface area (Å²) in [7, 11) is 0. The summed E-state index contributed by atoms with van der Waals surface area (Å²) in [6.45, 7) is 4.24. The fourth-order valence-corrected chi connectivity index (χ4v) is 2.22. The molecule has 0 bridgehead atoms. The molecule has 0 saturated heterocycles. The summed E-state index contributed by atoms with van der Waals surface area (Å²) in [5, 5.41) is 2.90. The predicted molar refractivity (Wildman–Crippen MR) is 88.3 cm³/mol. The van der Waals surface area contributed by atoms with Crippen LogP contribution in [0.3, 0.4) is 0 Å². The van der Waals surface area contributed by atoms with Crippen LogP contribution >= 0.6 is 0 Å². The number of carbonyl (C=O) groups excluding carboxylic acids is 2. The first kappa shape index (κ1) is 16.0. The fraction of sp³-hybridized carbons (Fsp3) is 0.263. The quantitative estimate of drug-likeness (QED) is 0.830. The van der Waals surface area contributed by atoms with Crippen molar-refractivity contribution in [3.8, 4) is 0 Å². The normalized spacial score (nSPS) is 10.3. The number of nitrogens with one attached hydrogen (secondary N) is 1. The highest BCUT2D eigenvalue weighted by Gasteiger charge is 2.06. The Morgan fingerprint density at radius 3 is 1.95 bits per heavy atom. The summed E-state index contributed by atoms with van der Waals surface area (Å²) in [6.07, 6.45) is 1.84. The van der Waals surface area contributed by atoms with E-state index in [2.05, 4.69) is 36.5 Å². The van der Waals surface area contributed by atoms with Gasteiger partial charge in [0.1, 0.15) is 0 Å². The van der Waals surface area contributed by atoms with Crippen LogP contribution in [0.15, 0.2) is 48.5 Å². The Morgan fingerprint density at radius 2 is 1.41 bits per heavy atom. The molecule has 0 spiro atoms. The molecule has 2 aromatic carbocycles. The maximum atomic E-state index is 12.0. The van der Waals surface area contributed by atoms with Crippen molar-refractivity contribution in [1.29, 1.82) is 0 Å². The van der Waals surface area contributed by atoms with Gasteiger partial charge in [0.2, 0.25) is 0 Å². The van der Waals surface area contributed by atoms with Crippen molar-refractivity contribution in [2.24, 2.45) is 0 Å². The molecule has 0 saturated carbocycles. The van der Waals surface area contributed by atoms with E-state index < -0.39 is 0 Å². The second kappa shape index (κ2) is 7.55. The Morgan fingerprint density at radius 1 is 0.864 bits per heavy atom. The summed E-state index contributed by atoms with van der Waals surface area (Å²) in [4.78, 5) is 23.2. The van der Waals surface area contributed by atoms with Crippen LogP contribution in [0.2, 0.25) is 0 Å². The minimum absolute atomic E-state index is 0.00230. The molecule has 0 heterocycles. The number of Topliss-reactive ketones (excluding diaryl/α,β-unsaturated/α-hetero) is 1. The number of hydrogen-bond acceptors (Lipinski definition) is 2. The molecule has 114 valence electrons. The van der Waals surface area contributed by atoms with E-state index in [-0.39, 0.29) is 11.7 Å². The molecular formula is C19H21NO2. The molecule has 2 aromatic rings. The Labute approximate surface area is 131 Å². The maximum Gasteiger partial charge on any atom is 0.251 e. The molecule has 0 aliphatic carbocycles. The standard InChI is InChI=1S/C19H21NO2/c1-3-15-4-6-16(7-5-15)12-13-20-19(22)18-10-8-17(9-11-18)14(2)21/h4-11H,3,12-13H2,1-2H3,(H,20,22). The third kappa shape index (κ3) is 4.29. The second-order valence-corrected chi connectivity index (χ2v) is 5.31. The zero-order valence-corrected chi connectivity index (χ0v) is 13.1. The van der Waals surface area contributed by atoms with Gasteiger partial charge in [-0.25, -0.2) is 0 Å². The van der Waals surface area contributed by atoms with E-state index in [4.69, 9.17) is 0 Å². The van der Waals surface area contributed by atoms with Crippen molar-refractivity contribution in [2.75, 3.05) is 6.54 Å². The molecule has 0 aliphatic rings. The first-order chi connectivity index (χ1) is 10.6. The third-order valence-corrected chi connectivity index (χ3v) is 3.68. The first-order valence-electron chi connectivity index (χ1n) is 7.57. The molecule has 0 aromatic heterocycles. The maximum absolute atomic E-state index is 12.0. The zero-order chi connectivity index (χ0) is 15.9. The lowest BCUT2D eigenvalue weighted by molar-refractivity contribution is 0.0952. The second-order valence-electron chi connectivity index (χ2n) is 5.31. The molecular weight excluding hydrogens is 274 g/mol. The van der Waals surface area contributed by atoms with E-state index in [1.807, 2.05) is 0 Å². The van der Waals surface area contributed by atoms with Gasteiger partial charge in [-0.15, -0.1) is 0 Å². The number of rotatable bonds is 6. The largest absolute Gasteiger partial charge is 0.352 e. The summed E-state index contributed by atoms with van der Waals surface area (Å²) in [5.41, 5.74) is 3.72. The van der Waals surface area contributed by atoms with Gasteiger partial charge >= 0.3 is 0 Å². The molecule has 2 rings (SSSR count). The van der Waals surface area contributed by atoms with Crippen LogP contribution in [0.4, 0.5) is 0 Å². The van der Waals surface area contributed by atoms with Gasteiger partial charge in [0.05, 0.1) is 0 Å². The van der Waals surface area contributed by atoms with Crippen molar-refractivity contribution in [3.05, 3.63) is 70.8 Å². The monoisotopic (exact) mass is 295 g/mol. The number of hydrogen-bond donors (Lipinski definition) is 1. The predicted octanol–water partition coefficient (Wildman–Crippen LogP) is 3.42. The third-order valence-electron chi connectivity index (χ3n) is 3.68. The van der Waals surface area contributed by atoms with Crippen molar-refractivity contribution < 1.29 is 9.59 Å². The van der Waals surface area contributed by atoms with Gasteiger partial charge in [-0.2, -0.15) is 0 Å². The van der Waals surface area contributed by atoms with Gasteiger partial charge in [-0.3, -0.25) is 9.59 Å². The lowest BCUT2D eigenvalue weighted by Crippen LogP contribution is -2.25. The van der Waals surface area contributed by atoms with Gasteiger partial charge in [0, 0.05) is 17.7 Å². The van der Waals surface area contributed by atoms with Gasteiger partial charge < -0.3 is 5.32 Å². The van der Waals surface area contributed by atoms with Crippen LogP contribution in [-0.2, 0) is 12.8 Å². The molecule has 3 nitrogen and oxygen atoms in total. The molecule has 1 amide bonds. The van der Waals surface area contributed by atoms with Crippen molar-refractivity contribution in [1.82, 2.24) is 5.32 Å². The van der Waals surface area contributed by atoms with E-state index in [9.17, 15) is 9.59 Å². The molecule has 1 N–H and O–H groups in total. The van der Waals surface area contributed by atoms with E-state index in [1.165, 1.54) is 18.1 Å². The molecule has 0 radical (unpaired) electrons. The van der Waals surface area contributed by atoms with Crippen molar-refractivity contribution in [3.63, 3.8) is 0 Å². The molecule has 0 aliphatic heterocycles. The first-order valence-corrected chi connectivity index (χ1v) is 7.57. The van der Waals surface area contributed by atoms with Gasteiger partial charge in [0.15, 0.2) is 5.78 Å². The van der Waals surface area contributed by atoms with Crippen molar-refractivity contribution >= 4 is 11.7 Å². The lowest BCUT2D eigenvalue weighted by atomic mass is 10.1. The van der Waals surface area contributed by atoms with Crippen LogP contribution < -0.4 is 5.32 Å². The number of benzene rings is 2. The minimum atomic E-state index is -0.111. The summed E-state index contributed by atoms with van der Waals surface area (Å²) >= 11 is 0. The van der Waals surface area contributed by atoms with Crippen LogP contribution in [0.1, 0.15) is 45.7 Å². The average Bonchev–Trinajstić information content (AvgIpc) is 2.55. The van der Waals surface area contributed by atoms with Crippen LogP contribution in [-0.4, -0.2) is 18.2 Å². The molecule has 22 heavy (non-hydrogen) atoms. The highest BCUT2D eigenvalue weighted by molar-refractivity contribution is 5.97. The number of amides is 1. The summed E-state index contributed by atoms with van der Waals surface area (Å²) in [5.74, 6) is -0.109. The summed E-state index contributed by atoms with van der Waals surface area (Å²) in [6, 6.07) is 15.2. The fourth-order valence-electron chi connectivity index (χ4n) is 2.22. The Balaban J connectivity index is 1.85. The van der Waals surface area contributed by atoms with Gasteiger partial charge in [0.25, 0.3) is 5.91 Å². The Kier molecular flexibility index (Phi) is 5.48. The Bertz CT molecular complexity index is 642. The smallest absolute Gasteiger partial charge is 0.251 e. The molecule has 0 fully saturated rings. The number of ketones is 1. The zero-order valence-electron chi connectivity index (χ0n) is 13.1. The van der Waals surface area contributed by atoms with Gasteiger partial charge in [-0.1, -0.05) is 43.3 Å². The van der Waals surface area contributed by atoms with E-state index in [0.29, 0.717) is 17.7 Å². The molecule has 0 atom stereocenters. The van der Waals surface area contributed by atoms with E-state index in [0.717, 1.165) is 12.8 Å². The lowest BCUT2D eigenvalue weighted by Gasteiger charge is -2.06. The molecule has 0 unspecified atom stereocenters. The SMILES string of the molecule is CCc1ccc(CCNC(=O)c2ccc(C(C)=O)cc2)cc1. The minimum Gasteiger partial charge on any atom is -0.352 e. The molecule has 3 heteroatoms. The average molecular weight is 295 g/mol. The number of aryl methyl sites for hydroxylation is 1. The highest BCUT2D eigenvalue weighted by atomic mass is 16.1. The van der Waals surface area contributed by atoms with E-state index in [1.54, 1.807) is 24.3 Å². The van der Waals surface area contributed by atoms with Crippen LogP contribution in [0.5, 0.6) is 0 Å². The highest BCUT2D eigenvalue weighted by Crippen LogP contribution is 2.07. The topological polar surface area (TPSA) is 46.2 Å². The van der Waals surface area contributed by atoms with Crippen LogP contribution in [0, 0.1) is 0 Å². The van der Waals surface area contributed by atoms with Crippen LogP contribution in [0.25, 0.3) is 0 Å². The van der Waals surface area contributed by atoms with E-state index >= 15 is 0 Å². The summed E-state index contributed by atoms with van der Waals surface area (Å²) < 4.78 is 0. The van der Waals surface area contributed by atoms with Crippen molar-refractivity contribution in [2.45, 2.75) is 26.7 Å². The van der Waals surface area contributed by atoms with Gasteiger partial charge in [-0.05, 0) is 43.0 Å². The Hall–Kier alpha value is -2.42. The number of carbonyl (C=O) groups is 2.